The molecule has 0 saturated heterocycles. The lowest BCUT2D eigenvalue weighted by molar-refractivity contribution is 0.102. The Balaban J connectivity index is 1.58. The molecular weight excluding hydrogens is 343 g/mol. The van der Waals surface area contributed by atoms with Gasteiger partial charge in [-0.3, -0.25) is 4.79 Å². The average Bonchev–Trinajstić information content (AvgIpc) is 2.67. The van der Waals surface area contributed by atoms with Crippen LogP contribution in [0.1, 0.15) is 27.2 Å². The van der Waals surface area contributed by atoms with Crippen molar-refractivity contribution in [3.05, 3.63) is 82.8 Å². The highest BCUT2D eigenvalue weighted by Gasteiger charge is 2.11. The van der Waals surface area contributed by atoms with Gasteiger partial charge in [-0.05, 0) is 55.2 Å². The van der Waals surface area contributed by atoms with Gasteiger partial charge in [-0.1, -0.05) is 36.4 Å². The molecule has 0 aliphatic rings. The van der Waals surface area contributed by atoms with Crippen LogP contribution in [0.2, 0.25) is 0 Å². The predicted octanol–water partition coefficient (Wildman–Crippen LogP) is 4.14. The van der Waals surface area contributed by atoms with Crippen molar-refractivity contribution >= 4 is 17.4 Å². The number of carbonyl (C=O) groups is 1. The smallest absolute Gasteiger partial charge is 0.276 e. The van der Waals surface area contributed by atoms with E-state index in [1.54, 1.807) is 24.3 Å². The van der Waals surface area contributed by atoms with Crippen LogP contribution in [0.5, 0.6) is 0 Å². The molecule has 1 heterocycles. The number of aryl methyl sites for hydroxylation is 2. The molecule has 6 heteroatoms. The summed E-state index contributed by atoms with van der Waals surface area (Å²) in [7, 11) is 0. The van der Waals surface area contributed by atoms with Crippen molar-refractivity contribution in [1.82, 2.24) is 10.2 Å². The fourth-order valence-corrected chi connectivity index (χ4v) is 2.76. The van der Waals surface area contributed by atoms with Gasteiger partial charge in [-0.15, -0.1) is 10.2 Å². The molecule has 0 aliphatic heterocycles. The average molecular weight is 364 g/mol. The third kappa shape index (κ3) is 4.67. The number of anilines is 2. The van der Waals surface area contributed by atoms with Crippen molar-refractivity contribution in [2.75, 3.05) is 17.2 Å². The predicted molar refractivity (Wildman–Crippen MR) is 104 cm³/mol. The zero-order valence-corrected chi connectivity index (χ0v) is 15.3. The SMILES string of the molecule is Cc1cccc(C)c1NC(=O)c1ccc(NCCc2ccccc2F)nn1. The molecule has 2 N–H and O–H groups in total. The summed E-state index contributed by atoms with van der Waals surface area (Å²) in [5.41, 5.74) is 3.64. The number of halogens is 1. The first-order valence-electron chi connectivity index (χ1n) is 8.73. The third-order valence-corrected chi connectivity index (χ3v) is 4.28. The number of para-hydroxylation sites is 1. The van der Waals surface area contributed by atoms with E-state index in [-0.39, 0.29) is 17.4 Å². The summed E-state index contributed by atoms with van der Waals surface area (Å²) >= 11 is 0. The van der Waals surface area contributed by atoms with Crippen LogP contribution in [0.4, 0.5) is 15.9 Å². The van der Waals surface area contributed by atoms with E-state index in [9.17, 15) is 9.18 Å². The molecule has 1 amide bonds. The number of nitrogens with zero attached hydrogens (tertiary/aromatic N) is 2. The quantitative estimate of drug-likeness (QED) is 0.690. The Kier molecular flexibility index (Phi) is 5.76. The van der Waals surface area contributed by atoms with Crippen LogP contribution >= 0.6 is 0 Å². The third-order valence-electron chi connectivity index (χ3n) is 4.28. The summed E-state index contributed by atoms with van der Waals surface area (Å²) in [6.45, 7) is 4.40. The molecule has 1 aromatic heterocycles. The molecule has 5 nitrogen and oxygen atoms in total. The summed E-state index contributed by atoms with van der Waals surface area (Å²) in [6, 6.07) is 15.8. The molecule has 0 fully saturated rings. The molecule has 0 aliphatic carbocycles. The molecule has 138 valence electrons. The first kappa shape index (κ1) is 18.5. The van der Waals surface area contributed by atoms with E-state index in [1.165, 1.54) is 6.07 Å². The largest absolute Gasteiger partial charge is 0.368 e. The van der Waals surface area contributed by atoms with Gasteiger partial charge in [-0.2, -0.15) is 0 Å². The second kappa shape index (κ2) is 8.40. The van der Waals surface area contributed by atoms with Crippen molar-refractivity contribution < 1.29 is 9.18 Å². The highest BCUT2D eigenvalue weighted by atomic mass is 19.1. The fraction of sp³-hybridized carbons (Fsp3) is 0.190. The van der Waals surface area contributed by atoms with Crippen molar-refractivity contribution in [2.45, 2.75) is 20.3 Å². The van der Waals surface area contributed by atoms with E-state index in [1.807, 2.05) is 38.1 Å². The minimum absolute atomic E-state index is 0.219. The summed E-state index contributed by atoms with van der Waals surface area (Å²) < 4.78 is 13.6. The van der Waals surface area contributed by atoms with Gasteiger partial charge in [0.25, 0.3) is 5.91 Å². The number of aromatic nitrogens is 2. The van der Waals surface area contributed by atoms with E-state index in [4.69, 9.17) is 0 Å². The van der Waals surface area contributed by atoms with Crippen molar-refractivity contribution in [3.8, 4) is 0 Å². The lowest BCUT2D eigenvalue weighted by Crippen LogP contribution is -2.16. The van der Waals surface area contributed by atoms with Gasteiger partial charge in [0.2, 0.25) is 0 Å². The Bertz CT molecular complexity index is 921. The molecule has 2 aromatic carbocycles. The lowest BCUT2D eigenvalue weighted by atomic mass is 10.1. The van der Waals surface area contributed by atoms with Gasteiger partial charge in [0.1, 0.15) is 11.6 Å². The highest BCUT2D eigenvalue weighted by molar-refractivity contribution is 6.03. The maximum Gasteiger partial charge on any atom is 0.276 e. The van der Waals surface area contributed by atoms with E-state index in [2.05, 4.69) is 20.8 Å². The Morgan fingerprint density at radius 1 is 0.963 bits per heavy atom. The zero-order valence-electron chi connectivity index (χ0n) is 15.3. The lowest BCUT2D eigenvalue weighted by Gasteiger charge is -2.11. The van der Waals surface area contributed by atoms with Gasteiger partial charge in [-0.25, -0.2) is 4.39 Å². The van der Waals surface area contributed by atoms with Gasteiger partial charge in [0, 0.05) is 12.2 Å². The first-order valence-corrected chi connectivity index (χ1v) is 8.73. The minimum atomic E-state index is -0.308. The molecule has 3 rings (SSSR count). The highest BCUT2D eigenvalue weighted by Crippen LogP contribution is 2.20. The fourth-order valence-electron chi connectivity index (χ4n) is 2.76. The first-order chi connectivity index (χ1) is 13.0. The second-order valence-electron chi connectivity index (χ2n) is 6.29. The van der Waals surface area contributed by atoms with E-state index < -0.39 is 0 Å². The van der Waals surface area contributed by atoms with Crippen LogP contribution in [0, 0.1) is 19.7 Å². The van der Waals surface area contributed by atoms with Crippen molar-refractivity contribution in [1.29, 1.82) is 0 Å². The molecule has 0 spiro atoms. The summed E-state index contributed by atoms with van der Waals surface area (Å²) in [4.78, 5) is 12.4. The zero-order chi connectivity index (χ0) is 19.2. The standard InChI is InChI=1S/C21H21FN4O/c1-14-6-5-7-15(2)20(14)24-21(27)18-10-11-19(26-25-18)23-13-12-16-8-3-4-9-17(16)22/h3-11H,12-13H2,1-2H3,(H,23,26)(H,24,27). The van der Waals surface area contributed by atoms with Gasteiger partial charge in [0.05, 0.1) is 0 Å². The number of hydrogen-bond donors (Lipinski definition) is 2. The topological polar surface area (TPSA) is 66.9 Å². The van der Waals surface area contributed by atoms with Crippen molar-refractivity contribution in [3.63, 3.8) is 0 Å². The van der Waals surface area contributed by atoms with Gasteiger partial charge < -0.3 is 10.6 Å². The number of rotatable bonds is 6. The van der Waals surface area contributed by atoms with Crippen LogP contribution < -0.4 is 10.6 Å². The number of hydrogen-bond acceptors (Lipinski definition) is 4. The molecular formula is C21H21FN4O. The van der Waals surface area contributed by atoms with Crippen molar-refractivity contribution in [2.24, 2.45) is 0 Å². The van der Waals surface area contributed by atoms with Crippen LogP contribution in [0.25, 0.3) is 0 Å². The molecule has 3 aromatic rings. The van der Waals surface area contributed by atoms with Gasteiger partial charge in [0.15, 0.2) is 5.69 Å². The molecule has 0 atom stereocenters. The normalized spacial score (nSPS) is 10.5. The van der Waals surface area contributed by atoms with Crippen LogP contribution in [0.3, 0.4) is 0 Å². The number of nitrogens with one attached hydrogen (secondary N) is 2. The maximum atomic E-state index is 13.6. The molecule has 0 bridgehead atoms. The summed E-state index contributed by atoms with van der Waals surface area (Å²) in [5, 5.41) is 14.0. The summed E-state index contributed by atoms with van der Waals surface area (Å²) in [6.07, 6.45) is 0.531. The number of amides is 1. The Morgan fingerprint density at radius 2 is 1.70 bits per heavy atom. The minimum Gasteiger partial charge on any atom is -0.368 e. The van der Waals surface area contributed by atoms with Crippen LogP contribution in [-0.2, 0) is 6.42 Å². The van der Waals surface area contributed by atoms with Gasteiger partial charge >= 0.3 is 0 Å². The van der Waals surface area contributed by atoms with E-state index in [0.29, 0.717) is 24.3 Å². The van der Waals surface area contributed by atoms with Crippen LogP contribution in [0.15, 0.2) is 54.6 Å². The number of carbonyl (C=O) groups excluding carboxylic acids is 1. The maximum absolute atomic E-state index is 13.6. The monoisotopic (exact) mass is 364 g/mol. The molecule has 27 heavy (non-hydrogen) atoms. The molecule has 0 saturated carbocycles. The van der Waals surface area contributed by atoms with Crippen LogP contribution in [-0.4, -0.2) is 22.6 Å². The number of benzene rings is 2. The summed E-state index contributed by atoms with van der Waals surface area (Å²) in [5.74, 6) is 0.0108. The molecule has 0 radical (unpaired) electrons. The second-order valence-corrected chi connectivity index (χ2v) is 6.29. The Hall–Kier alpha value is -3.28. The van der Waals surface area contributed by atoms with E-state index >= 15 is 0 Å². The molecule has 0 unspecified atom stereocenters. The van der Waals surface area contributed by atoms with E-state index in [0.717, 1.165) is 16.8 Å². The Labute approximate surface area is 157 Å². The Morgan fingerprint density at radius 3 is 2.37 bits per heavy atom.